The van der Waals surface area contributed by atoms with Crippen LogP contribution >= 0.6 is 0 Å². The van der Waals surface area contributed by atoms with Gasteiger partial charge in [-0.3, -0.25) is 5.32 Å². The summed E-state index contributed by atoms with van der Waals surface area (Å²) in [7, 11) is 0. The molecule has 1 N–H and O–H groups in total. The number of amides is 1. The van der Waals surface area contributed by atoms with E-state index in [0.29, 0.717) is 12.1 Å². The molecule has 0 aliphatic carbocycles. The predicted octanol–water partition coefficient (Wildman–Crippen LogP) is 8.89. The van der Waals surface area contributed by atoms with Crippen LogP contribution in [-0.2, 0) is 4.74 Å². The van der Waals surface area contributed by atoms with Gasteiger partial charge in [0.2, 0.25) is 5.83 Å². The van der Waals surface area contributed by atoms with Crippen LogP contribution in [0.4, 0.5) is 85.1 Å². The van der Waals surface area contributed by atoms with Crippen LogP contribution in [0.5, 0.6) is 5.75 Å². The van der Waals surface area contributed by atoms with Crippen molar-refractivity contribution in [2.24, 2.45) is 0 Å². The van der Waals surface area contributed by atoms with Crippen molar-refractivity contribution in [3.63, 3.8) is 0 Å². The number of anilines is 1. The van der Waals surface area contributed by atoms with Crippen molar-refractivity contribution >= 4 is 11.8 Å². The molecule has 0 aromatic heterocycles. The van der Waals surface area contributed by atoms with Crippen LogP contribution in [0.15, 0.2) is 36.1 Å². The maximum absolute atomic E-state index is 13.9. The van der Waals surface area contributed by atoms with Crippen LogP contribution in [0.1, 0.15) is 20.8 Å². The molecule has 0 radical (unpaired) electrons. The van der Waals surface area contributed by atoms with Crippen LogP contribution in [0.2, 0.25) is 0 Å². The summed E-state index contributed by atoms with van der Waals surface area (Å²) in [4.78, 5) is 11.7. The fraction of sp³-hybridized carbons (Fsp3) is 0.550. The van der Waals surface area contributed by atoms with Crippen molar-refractivity contribution in [1.82, 2.24) is 0 Å². The molecule has 0 bridgehead atoms. The fourth-order valence-electron chi connectivity index (χ4n) is 2.44. The van der Waals surface area contributed by atoms with Crippen molar-refractivity contribution in [2.45, 2.75) is 68.1 Å². The average Bonchev–Trinajstić information content (AvgIpc) is 2.75. The minimum atomic E-state index is -8.68. The first-order valence-electron chi connectivity index (χ1n) is 10.1. The quantitative estimate of drug-likeness (QED) is 0.217. The summed E-state index contributed by atoms with van der Waals surface area (Å²) in [5.41, 5.74) is -1.54. The molecule has 0 aliphatic rings. The molecule has 1 aromatic rings. The molecule has 0 saturated carbocycles. The highest BCUT2D eigenvalue weighted by atomic mass is 19.4. The molecule has 0 spiro atoms. The Bertz CT molecular complexity index is 1150. The zero-order valence-electron chi connectivity index (χ0n) is 20.0. The predicted molar refractivity (Wildman–Crippen MR) is 102 cm³/mol. The summed E-state index contributed by atoms with van der Waals surface area (Å²) >= 11 is 0. The van der Waals surface area contributed by atoms with Crippen molar-refractivity contribution < 1.29 is 88.9 Å². The minimum absolute atomic E-state index is 0.440. The first-order valence-corrected chi connectivity index (χ1v) is 10.1. The van der Waals surface area contributed by atoms with Crippen LogP contribution in [0.25, 0.3) is 0 Å². The first-order chi connectivity index (χ1) is 17.9. The molecule has 0 atom stereocenters. The second-order valence-electron chi connectivity index (χ2n) is 8.79. The summed E-state index contributed by atoms with van der Waals surface area (Å²) in [5, 5.41) is 1.93. The van der Waals surface area contributed by atoms with Gasteiger partial charge in [-0.1, -0.05) is 6.07 Å². The average molecular weight is 639 g/mol. The lowest BCUT2D eigenvalue weighted by Gasteiger charge is -2.41. The third kappa shape index (κ3) is 6.36. The lowest BCUT2D eigenvalue weighted by molar-refractivity contribution is -0.451. The van der Waals surface area contributed by atoms with Gasteiger partial charge in [0.1, 0.15) is 11.4 Å². The molecule has 0 unspecified atom stereocenters. The number of rotatable bonds is 9. The minimum Gasteiger partial charge on any atom is -0.444 e. The molecular weight excluding hydrogens is 625 g/mol. The van der Waals surface area contributed by atoms with Crippen LogP contribution in [0, 0.1) is 0 Å². The van der Waals surface area contributed by atoms with Gasteiger partial charge in [0.15, 0.2) is 0 Å². The van der Waals surface area contributed by atoms with Crippen molar-refractivity contribution in [2.75, 3.05) is 5.32 Å². The number of alkyl halides is 15. The third-order valence-corrected chi connectivity index (χ3v) is 4.46. The van der Waals surface area contributed by atoms with Crippen molar-refractivity contribution in [1.29, 1.82) is 0 Å². The number of nitrogens with one attached hydrogen (secondary N) is 1. The Kier molecular flexibility index (Phi) is 9.27. The van der Waals surface area contributed by atoms with E-state index in [1.807, 2.05) is 5.32 Å². The van der Waals surface area contributed by atoms with Crippen LogP contribution in [0.3, 0.4) is 0 Å². The molecule has 1 aromatic carbocycles. The Morgan fingerprint density at radius 1 is 0.683 bits per heavy atom. The maximum Gasteiger partial charge on any atom is 0.460 e. The Balaban J connectivity index is 3.46. The molecule has 1 amide bonds. The van der Waals surface area contributed by atoms with Gasteiger partial charge in [0.05, 0.1) is 0 Å². The Labute approximate surface area is 217 Å². The number of carbonyl (C=O) groups excluding carboxylic acids is 1. The second-order valence-corrected chi connectivity index (χ2v) is 8.79. The van der Waals surface area contributed by atoms with Gasteiger partial charge < -0.3 is 9.47 Å². The topological polar surface area (TPSA) is 47.6 Å². The first kappa shape index (κ1) is 35.9. The van der Waals surface area contributed by atoms with E-state index < -0.39 is 76.7 Å². The highest BCUT2D eigenvalue weighted by Crippen LogP contribution is 2.63. The molecular formula is C20H14F17NO3. The second kappa shape index (κ2) is 10.6. The Hall–Kier alpha value is -3.16. The summed E-state index contributed by atoms with van der Waals surface area (Å²) in [6, 6.07) is -0.911. The molecule has 41 heavy (non-hydrogen) atoms. The monoisotopic (exact) mass is 639 g/mol. The van der Waals surface area contributed by atoms with Gasteiger partial charge >= 0.3 is 53.8 Å². The van der Waals surface area contributed by atoms with Gasteiger partial charge in [-0.2, -0.15) is 74.6 Å². The number of hydrogen-bond donors (Lipinski definition) is 1. The SMILES string of the molecule is CC(C)(C)OC(=O)Nc1cccc(OC(F)=C(F)C(F)(F)C(F)(F)C(F)(F)C(F)(F)C(F)(F)C(F)(F)C(F)(F)F)c1. The van der Waals surface area contributed by atoms with E-state index in [4.69, 9.17) is 4.74 Å². The van der Waals surface area contributed by atoms with Crippen LogP contribution < -0.4 is 10.1 Å². The molecule has 1 rings (SSSR count). The number of allylic oxidation sites excluding steroid dienone is 1. The maximum atomic E-state index is 13.9. The summed E-state index contributed by atoms with van der Waals surface area (Å²) in [6.07, 6.45) is -9.02. The lowest BCUT2D eigenvalue weighted by atomic mass is 9.91. The highest BCUT2D eigenvalue weighted by Gasteiger charge is 2.93. The van der Waals surface area contributed by atoms with E-state index in [1.165, 1.54) is 20.8 Å². The largest absolute Gasteiger partial charge is 0.460 e. The number of ether oxygens (including phenoxy) is 2. The lowest BCUT2D eigenvalue weighted by Crippen LogP contribution is -2.72. The molecule has 0 heterocycles. The standard InChI is InChI=1S/C20H14F17NO3/c1-13(2,3)41-12(39)38-8-5-4-6-9(7-8)40-11(22)10(21)14(23,24)15(25,26)16(27,28)17(29,30)18(31,32)19(33,34)20(35,36)37/h4-7H,1-3H3,(H,38,39). The van der Waals surface area contributed by atoms with Gasteiger partial charge in [0.25, 0.3) is 0 Å². The van der Waals surface area contributed by atoms with Gasteiger partial charge in [0, 0.05) is 11.8 Å². The van der Waals surface area contributed by atoms with Crippen molar-refractivity contribution in [3.05, 3.63) is 36.1 Å². The number of benzene rings is 1. The fourth-order valence-corrected chi connectivity index (χ4v) is 2.44. The molecule has 0 aliphatic heterocycles. The van der Waals surface area contributed by atoms with Gasteiger partial charge in [-0.25, -0.2) is 4.79 Å². The molecule has 0 fully saturated rings. The Morgan fingerprint density at radius 3 is 1.56 bits per heavy atom. The Morgan fingerprint density at radius 2 is 1.12 bits per heavy atom. The van der Waals surface area contributed by atoms with E-state index in [9.17, 15) is 79.4 Å². The van der Waals surface area contributed by atoms with E-state index in [0.717, 1.165) is 12.1 Å². The van der Waals surface area contributed by atoms with E-state index >= 15 is 0 Å². The molecule has 0 saturated heterocycles. The number of carbonyl (C=O) groups is 1. The number of halogens is 17. The smallest absolute Gasteiger partial charge is 0.444 e. The van der Waals surface area contributed by atoms with Crippen LogP contribution in [-0.4, -0.2) is 53.4 Å². The third-order valence-electron chi connectivity index (χ3n) is 4.46. The van der Waals surface area contributed by atoms with Crippen molar-refractivity contribution in [3.8, 4) is 5.75 Å². The summed E-state index contributed by atoms with van der Waals surface area (Å²) in [5.74, 6) is -55.7. The molecule has 4 nitrogen and oxygen atoms in total. The van der Waals surface area contributed by atoms with E-state index in [1.54, 1.807) is 0 Å². The van der Waals surface area contributed by atoms with Gasteiger partial charge in [-0.15, -0.1) is 0 Å². The summed E-state index contributed by atoms with van der Waals surface area (Å²) < 4.78 is 234. The zero-order chi connectivity index (χ0) is 32.8. The molecule has 236 valence electrons. The highest BCUT2D eigenvalue weighted by molar-refractivity contribution is 5.85. The summed E-state index contributed by atoms with van der Waals surface area (Å²) in [6.45, 7) is 4.19. The number of hydrogen-bond acceptors (Lipinski definition) is 3. The van der Waals surface area contributed by atoms with E-state index in [2.05, 4.69) is 4.74 Å². The van der Waals surface area contributed by atoms with E-state index in [-0.39, 0.29) is 0 Å². The van der Waals surface area contributed by atoms with Gasteiger partial charge in [-0.05, 0) is 32.9 Å². The normalized spacial score (nSPS) is 15.3. The zero-order valence-corrected chi connectivity index (χ0v) is 20.0. The molecule has 21 heteroatoms.